The van der Waals surface area contributed by atoms with E-state index in [0.717, 1.165) is 34.9 Å². The van der Waals surface area contributed by atoms with Crippen molar-refractivity contribution in [3.63, 3.8) is 0 Å². The summed E-state index contributed by atoms with van der Waals surface area (Å²) in [4.78, 5) is 18.1. The number of nitrogens with one attached hydrogen (secondary N) is 1. The number of anilines is 1. The highest BCUT2D eigenvalue weighted by Gasteiger charge is 2.37. The standard InChI is InChI=1S/C27H30BrClN4O3S/c1-4-6-14-36-25(34)23-17(3)30-26-31-27(37-16-18-9-7-8-10-21(18)29)32-33(26)24(23)20-15-19(28)11-12-22(20)35-13-5-2/h7-12,15,24H,4-6,13-14,16H2,1-3H3,(H,30,31,32). The van der Waals surface area contributed by atoms with E-state index in [-0.39, 0.29) is 5.97 Å². The molecule has 37 heavy (non-hydrogen) atoms. The van der Waals surface area contributed by atoms with Crippen LogP contribution in [-0.2, 0) is 15.3 Å². The van der Waals surface area contributed by atoms with E-state index in [1.165, 1.54) is 11.8 Å². The molecular formula is C27H30BrClN4O3S. The molecule has 196 valence electrons. The number of allylic oxidation sites excluding steroid dienone is 1. The maximum Gasteiger partial charge on any atom is 0.338 e. The van der Waals surface area contributed by atoms with Gasteiger partial charge in [-0.1, -0.05) is 77.8 Å². The number of fused-ring (bicyclic) bond motifs is 1. The van der Waals surface area contributed by atoms with Gasteiger partial charge in [-0.05, 0) is 49.6 Å². The number of hydrogen-bond donors (Lipinski definition) is 1. The summed E-state index contributed by atoms with van der Waals surface area (Å²) in [6, 6.07) is 13.0. The lowest BCUT2D eigenvalue weighted by Crippen LogP contribution is -2.30. The molecular weight excluding hydrogens is 576 g/mol. The average molecular weight is 606 g/mol. The van der Waals surface area contributed by atoms with Crippen LogP contribution in [-0.4, -0.2) is 33.9 Å². The predicted octanol–water partition coefficient (Wildman–Crippen LogP) is 7.41. The molecule has 0 bridgehead atoms. The zero-order valence-electron chi connectivity index (χ0n) is 21.1. The van der Waals surface area contributed by atoms with Gasteiger partial charge < -0.3 is 14.8 Å². The Kier molecular flexibility index (Phi) is 9.56. The Hall–Kier alpha value is -2.49. The van der Waals surface area contributed by atoms with E-state index in [1.54, 1.807) is 4.68 Å². The fourth-order valence-corrected chi connectivity index (χ4v) is 5.46. The molecule has 7 nitrogen and oxygen atoms in total. The lowest BCUT2D eigenvalue weighted by molar-refractivity contribution is -0.139. The van der Waals surface area contributed by atoms with Gasteiger partial charge >= 0.3 is 5.97 Å². The zero-order chi connectivity index (χ0) is 26.4. The Morgan fingerprint density at radius 2 is 2.00 bits per heavy atom. The molecule has 0 saturated carbocycles. The second kappa shape index (κ2) is 12.8. The summed E-state index contributed by atoms with van der Waals surface area (Å²) in [7, 11) is 0. The van der Waals surface area contributed by atoms with Gasteiger partial charge in [-0.3, -0.25) is 0 Å². The fraction of sp³-hybridized carbons (Fsp3) is 0.370. The van der Waals surface area contributed by atoms with Gasteiger partial charge in [-0.15, -0.1) is 5.10 Å². The molecule has 1 N–H and O–H groups in total. The van der Waals surface area contributed by atoms with Crippen molar-refractivity contribution >= 4 is 51.2 Å². The summed E-state index contributed by atoms with van der Waals surface area (Å²) in [6.45, 7) is 6.90. The van der Waals surface area contributed by atoms with Crippen molar-refractivity contribution in [2.75, 3.05) is 18.5 Å². The van der Waals surface area contributed by atoms with Gasteiger partial charge in [-0.25, -0.2) is 9.48 Å². The van der Waals surface area contributed by atoms with Gasteiger partial charge in [0.15, 0.2) is 0 Å². The van der Waals surface area contributed by atoms with Crippen molar-refractivity contribution in [2.45, 2.75) is 57.0 Å². The highest BCUT2D eigenvalue weighted by molar-refractivity contribution is 9.10. The van der Waals surface area contributed by atoms with Crippen LogP contribution in [0.3, 0.4) is 0 Å². The topological polar surface area (TPSA) is 78.3 Å². The van der Waals surface area contributed by atoms with Crippen LogP contribution in [0.4, 0.5) is 5.95 Å². The summed E-state index contributed by atoms with van der Waals surface area (Å²) in [5, 5.41) is 9.36. The lowest BCUT2D eigenvalue weighted by atomic mass is 9.95. The van der Waals surface area contributed by atoms with E-state index in [2.05, 4.69) is 35.1 Å². The first-order chi connectivity index (χ1) is 17.9. The van der Waals surface area contributed by atoms with Crippen molar-refractivity contribution in [2.24, 2.45) is 0 Å². The number of rotatable bonds is 11. The van der Waals surface area contributed by atoms with Crippen LogP contribution in [0, 0.1) is 0 Å². The minimum Gasteiger partial charge on any atom is -0.493 e. The van der Waals surface area contributed by atoms with Gasteiger partial charge in [0, 0.05) is 26.5 Å². The van der Waals surface area contributed by atoms with E-state index < -0.39 is 6.04 Å². The fourth-order valence-electron chi connectivity index (χ4n) is 3.97. The van der Waals surface area contributed by atoms with Crippen molar-refractivity contribution in [1.29, 1.82) is 0 Å². The molecule has 10 heteroatoms. The third kappa shape index (κ3) is 6.51. The molecule has 2 heterocycles. The molecule has 0 aliphatic carbocycles. The van der Waals surface area contributed by atoms with Crippen LogP contribution in [0.2, 0.25) is 5.02 Å². The van der Waals surface area contributed by atoms with Crippen molar-refractivity contribution in [3.05, 3.63) is 74.4 Å². The van der Waals surface area contributed by atoms with Gasteiger partial charge in [0.2, 0.25) is 11.1 Å². The maximum absolute atomic E-state index is 13.4. The minimum absolute atomic E-state index is 0.361. The van der Waals surface area contributed by atoms with Crippen LogP contribution in [0.5, 0.6) is 5.75 Å². The Bertz CT molecular complexity index is 1300. The molecule has 1 aromatic heterocycles. The molecule has 1 unspecified atom stereocenters. The maximum atomic E-state index is 13.4. The average Bonchev–Trinajstić information content (AvgIpc) is 3.29. The largest absolute Gasteiger partial charge is 0.493 e. The number of thioether (sulfide) groups is 1. The van der Waals surface area contributed by atoms with Crippen LogP contribution in [0.25, 0.3) is 0 Å². The van der Waals surface area contributed by atoms with E-state index in [0.29, 0.717) is 52.1 Å². The Labute approximate surface area is 235 Å². The van der Waals surface area contributed by atoms with E-state index in [4.69, 9.17) is 31.2 Å². The third-order valence-electron chi connectivity index (χ3n) is 5.83. The van der Waals surface area contributed by atoms with E-state index >= 15 is 0 Å². The molecule has 4 rings (SSSR count). The van der Waals surface area contributed by atoms with Crippen molar-refractivity contribution < 1.29 is 14.3 Å². The number of esters is 1. The molecule has 0 spiro atoms. The summed E-state index contributed by atoms with van der Waals surface area (Å²) in [6.07, 6.45) is 2.60. The summed E-state index contributed by atoms with van der Waals surface area (Å²) in [5.41, 5.74) is 2.97. The summed E-state index contributed by atoms with van der Waals surface area (Å²) in [5.74, 6) is 1.48. The number of ether oxygens (including phenoxy) is 2. The SMILES string of the molecule is CCCCOC(=O)C1=C(C)Nc2nc(SCc3ccccc3Cl)nn2C1c1cc(Br)ccc1OCCC. The normalized spacial score (nSPS) is 14.8. The van der Waals surface area contributed by atoms with Gasteiger partial charge in [0.25, 0.3) is 0 Å². The summed E-state index contributed by atoms with van der Waals surface area (Å²) < 4.78 is 14.4. The van der Waals surface area contributed by atoms with Crippen LogP contribution in [0.15, 0.2) is 63.4 Å². The first-order valence-corrected chi connectivity index (χ1v) is 14.5. The summed E-state index contributed by atoms with van der Waals surface area (Å²) >= 11 is 11.4. The highest BCUT2D eigenvalue weighted by atomic mass is 79.9. The highest BCUT2D eigenvalue weighted by Crippen LogP contribution is 2.41. The van der Waals surface area contributed by atoms with Crippen LogP contribution >= 0.6 is 39.3 Å². The Balaban J connectivity index is 1.74. The lowest BCUT2D eigenvalue weighted by Gasteiger charge is -2.29. The molecule has 0 radical (unpaired) electrons. The number of benzene rings is 2. The van der Waals surface area contributed by atoms with Crippen LogP contribution < -0.4 is 10.1 Å². The second-order valence-corrected chi connectivity index (χ2v) is 10.9. The Morgan fingerprint density at radius 1 is 1.19 bits per heavy atom. The van der Waals surface area contributed by atoms with Crippen molar-refractivity contribution in [1.82, 2.24) is 14.8 Å². The van der Waals surface area contributed by atoms with Crippen LogP contribution in [0.1, 0.15) is 57.2 Å². The predicted molar refractivity (Wildman–Crippen MR) is 151 cm³/mol. The Morgan fingerprint density at radius 3 is 2.76 bits per heavy atom. The molecule has 1 atom stereocenters. The number of carbonyl (C=O) groups excluding carboxylic acids is 1. The van der Waals surface area contributed by atoms with Gasteiger partial charge in [0.1, 0.15) is 11.8 Å². The van der Waals surface area contributed by atoms with Crippen molar-refractivity contribution in [3.8, 4) is 5.75 Å². The van der Waals surface area contributed by atoms with E-state index in [1.807, 2.05) is 49.4 Å². The number of aromatic nitrogens is 3. The monoisotopic (exact) mass is 604 g/mol. The molecule has 1 aliphatic rings. The minimum atomic E-state index is -0.572. The van der Waals surface area contributed by atoms with E-state index in [9.17, 15) is 4.79 Å². The van der Waals surface area contributed by atoms with Gasteiger partial charge in [0.05, 0.1) is 18.8 Å². The number of halogens is 2. The molecule has 1 aliphatic heterocycles. The zero-order valence-corrected chi connectivity index (χ0v) is 24.3. The first-order valence-electron chi connectivity index (χ1n) is 12.3. The molecule has 0 fully saturated rings. The number of nitrogens with zero attached hydrogens (tertiary/aromatic N) is 3. The quantitative estimate of drug-likeness (QED) is 0.139. The number of carbonyl (C=O) groups is 1. The van der Waals surface area contributed by atoms with Gasteiger partial charge in [-0.2, -0.15) is 4.98 Å². The molecule has 3 aromatic rings. The molecule has 0 amide bonds. The number of hydrogen-bond acceptors (Lipinski definition) is 7. The number of unbranched alkanes of at least 4 members (excludes halogenated alkanes) is 1. The smallest absolute Gasteiger partial charge is 0.338 e. The second-order valence-electron chi connectivity index (χ2n) is 8.63. The first kappa shape index (κ1) is 27.5. The molecule has 2 aromatic carbocycles. The third-order valence-corrected chi connectivity index (χ3v) is 7.58. The molecule has 0 saturated heterocycles.